The Bertz CT molecular complexity index is 1160. The molecule has 2 heterocycles. The Morgan fingerprint density at radius 3 is 2.75 bits per heavy atom. The summed E-state index contributed by atoms with van der Waals surface area (Å²) in [5.74, 6) is 0.0350. The van der Waals surface area contributed by atoms with Crippen molar-refractivity contribution in [2.45, 2.75) is 19.0 Å². The van der Waals surface area contributed by atoms with Gasteiger partial charge >= 0.3 is 0 Å². The molecule has 0 bridgehead atoms. The Balaban J connectivity index is 1.45. The number of hydrogen-bond acceptors (Lipinski definition) is 7. The maximum atomic E-state index is 12.4. The molecule has 140 valence electrons. The van der Waals surface area contributed by atoms with Gasteiger partial charge in [0.25, 0.3) is 0 Å². The Labute approximate surface area is 165 Å². The monoisotopic (exact) mass is 391 g/mol. The number of nitrogens with zero attached hydrogens (tertiary/aromatic N) is 6. The molecule has 9 heteroatoms. The molecule has 4 aromatic rings. The van der Waals surface area contributed by atoms with Crippen molar-refractivity contribution in [3.05, 3.63) is 59.9 Å². The highest BCUT2D eigenvalue weighted by Crippen LogP contribution is 2.22. The first-order valence-electron chi connectivity index (χ1n) is 8.59. The standard InChI is InChI=1S/C19H17N7OS/c1-12-3-4-13(2)17(9-12)26-19(23-24-25-26)28-11-18(27)22-14-5-6-15-16(10-14)21-8-7-20-15/h3-10H,11H2,1-2H3,(H,22,27). The third-order valence-corrected chi connectivity index (χ3v) is 5.04. The minimum Gasteiger partial charge on any atom is -0.325 e. The average molecular weight is 391 g/mol. The molecule has 0 radical (unpaired) electrons. The number of nitrogens with one attached hydrogen (secondary N) is 1. The summed E-state index contributed by atoms with van der Waals surface area (Å²) in [6.07, 6.45) is 3.26. The zero-order chi connectivity index (χ0) is 19.5. The summed E-state index contributed by atoms with van der Waals surface area (Å²) in [4.78, 5) is 20.8. The van der Waals surface area contributed by atoms with Crippen molar-refractivity contribution >= 4 is 34.4 Å². The lowest BCUT2D eigenvalue weighted by atomic mass is 10.1. The van der Waals surface area contributed by atoms with Gasteiger partial charge in [0.2, 0.25) is 11.1 Å². The van der Waals surface area contributed by atoms with Crippen LogP contribution in [0, 0.1) is 13.8 Å². The van der Waals surface area contributed by atoms with E-state index < -0.39 is 0 Å². The number of anilines is 1. The maximum Gasteiger partial charge on any atom is 0.234 e. The molecule has 4 rings (SSSR count). The molecular formula is C19H17N7OS. The van der Waals surface area contributed by atoms with Crippen LogP contribution >= 0.6 is 11.8 Å². The highest BCUT2D eigenvalue weighted by molar-refractivity contribution is 7.99. The number of aromatic nitrogens is 6. The van der Waals surface area contributed by atoms with Crippen molar-refractivity contribution in [2.75, 3.05) is 11.1 Å². The molecule has 0 fully saturated rings. The predicted molar refractivity (Wildman–Crippen MR) is 108 cm³/mol. The van der Waals surface area contributed by atoms with Crippen molar-refractivity contribution in [3.63, 3.8) is 0 Å². The van der Waals surface area contributed by atoms with Crippen molar-refractivity contribution in [1.82, 2.24) is 30.2 Å². The molecule has 0 unspecified atom stereocenters. The highest BCUT2D eigenvalue weighted by Gasteiger charge is 2.13. The van der Waals surface area contributed by atoms with Gasteiger partial charge in [-0.3, -0.25) is 14.8 Å². The molecule has 0 aliphatic rings. The van der Waals surface area contributed by atoms with Gasteiger partial charge in [-0.15, -0.1) is 5.10 Å². The Hall–Kier alpha value is -3.33. The average Bonchev–Trinajstić information content (AvgIpc) is 3.16. The Morgan fingerprint density at radius 2 is 1.89 bits per heavy atom. The molecule has 0 atom stereocenters. The third-order valence-electron chi connectivity index (χ3n) is 4.12. The lowest BCUT2D eigenvalue weighted by Gasteiger charge is -2.09. The van der Waals surface area contributed by atoms with E-state index in [1.54, 1.807) is 29.2 Å². The number of carbonyl (C=O) groups is 1. The van der Waals surface area contributed by atoms with Gasteiger partial charge in [0.1, 0.15) is 0 Å². The van der Waals surface area contributed by atoms with Crippen molar-refractivity contribution in [2.24, 2.45) is 0 Å². The second-order valence-corrected chi connectivity index (χ2v) is 7.20. The van der Waals surface area contributed by atoms with E-state index in [4.69, 9.17) is 0 Å². The number of amides is 1. The maximum absolute atomic E-state index is 12.4. The van der Waals surface area contributed by atoms with Gasteiger partial charge in [-0.2, -0.15) is 4.68 Å². The third kappa shape index (κ3) is 3.84. The molecule has 1 N–H and O–H groups in total. The SMILES string of the molecule is Cc1ccc(C)c(-n2nnnc2SCC(=O)Nc2ccc3nccnc3c2)c1. The number of rotatable bonds is 5. The fourth-order valence-corrected chi connectivity index (χ4v) is 3.42. The van der Waals surface area contributed by atoms with Crippen LogP contribution in [0.25, 0.3) is 16.7 Å². The van der Waals surface area contributed by atoms with Crippen LogP contribution < -0.4 is 5.32 Å². The van der Waals surface area contributed by atoms with Gasteiger partial charge in [-0.1, -0.05) is 23.9 Å². The summed E-state index contributed by atoms with van der Waals surface area (Å²) in [6.45, 7) is 4.02. The molecule has 0 spiro atoms. The van der Waals surface area contributed by atoms with Gasteiger partial charge in [0.05, 0.1) is 22.5 Å². The Kier molecular flexibility index (Phi) is 4.98. The summed E-state index contributed by atoms with van der Waals surface area (Å²) in [6, 6.07) is 11.5. The number of benzene rings is 2. The van der Waals surface area contributed by atoms with Crippen molar-refractivity contribution in [1.29, 1.82) is 0 Å². The zero-order valence-corrected chi connectivity index (χ0v) is 16.1. The molecule has 2 aromatic heterocycles. The number of tetrazole rings is 1. The Morgan fingerprint density at radius 1 is 1.07 bits per heavy atom. The number of fused-ring (bicyclic) bond motifs is 1. The van der Waals surface area contributed by atoms with Gasteiger partial charge in [-0.05, 0) is 59.7 Å². The molecule has 8 nitrogen and oxygen atoms in total. The van der Waals surface area contributed by atoms with E-state index in [-0.39, 0.29) is 11.7 Å². The van der Waals surface area contributed by atoms with Crippen molar-refractivity contribution in [3.8, 4) is 5.69 Å². The van der Waals surface area contributed by atoms with Crippen LogP contribution in [0.2, 0.25) is 0 Å². The molecule has 28 heavy (non-hydrogen) atoms. The molecule has 0 saturated heterocycles. The first-order valence-corrected chi connectivity index (χ1v) is 9.58. The molecule has 1 amide bonds. The van der Waals surface area contributed by atoms with Crippen LogP contribution in [0.5, 0.6) is 0 Å². The van der Waals surface area contributed by atoms with E-state index in [0.29, 0.717) is 10.8 Å². The lowest BCUT2D eigenvalue weighted by molar-refractivity contribution is -0.113. The van der Waals surface area contributed by atoms with Crippen LogP contribution in [0.3, 0.4) is 0 Å². The highest BCUT2D eigenvalue weighted by atomic mass is 32.2. The van der Waals surface area contributed by atoms with E-state index in [0.717, 1.165) is 27.8 Å². The fourth-order valence-electron chi connectivity index (χ4n) is 2.74. The van der Waals surface area contributed by atoms with Crippen LogP contribution in [-0.4, -0.2) is 41.8 Å². The number of carbonyl (C=O) groups excluding carboxylic acids is 1. The number of hydrogen-bond donors (Lipinski definition) is 1. The first-order chi connectivity index (χ1) is 13.6. The van der Waals surface area contributed by atoms with E-state index in [9.17, 15) is 4.79 Å². The summed E-state index contributed by atoms with van der Waals surface area (Å²) in [5, 5.41) is 15.3. The second-order valence-electron chi connectivity index (χ2n) is 6.26. The van der Waals surface area contributed by atoms with Crippen LogP contribution in [0.15, 0.2) is 53.9 Å². The summed E-state index contributed by atoms with van der Waals surface area (Å²) < 4.78 is 1.66. The molecule has 0 aliphatic heterocycles. The largest absolute Gasteiger partial charge is 0.325 e. The van der Waals surface area contributed by atoms with Crippen LogP contribution in [0.4, 0.5) is 5.69 Å². The first kappa shape index (κ1) is 18.1. The van der Waals surface area contributed by atoms with Gasteiger partial charge < -0.3 is 5.32 Å². The summed E-state index contributed by atoms with van der Waals surface area (Å²) >= 11 is 1.28. The summed E-state index contributed by atoms with van der Waals surface area (Å²) in [7, 11) is 0. The zero-order valence-electron chi connectivity index (χ0n) is 15.3. The minimum absolute atomic E-state index is 0.149. The van der Waals surface area contributed by atoms with Gasteiger partial charge in [0, 0.05) is 18.1 Å². The van der Waals surface area contributed by atoms with Crippen LogP contribution in [0.1, 0.15) is 11.1 Å². The smallest absolute Gasteiger partial charge is 0.234 e. The molecular weight excluding hydrogens is 374 g/mol. The normalized spacial score (nSPS) is 10.9. The number of thioether (sulfide) groups is 1. The second kappa shape index (κ2) is 7.73. The lowest BCUT2D eigenvalue weighted by Crippen LogP contribution is -2.14. The molecule has 0 saturated carbocycles. The van der Waals surface area contributed by atoms with E-state index in [1.807, 2.05) is 38.1 Å². The summed E-state index contributed by atoms with van der Waals surface area (Å²) in [5.41, 5.74) is 5.26. The minimum atomic E-state index is -0.149. The van der Waals surface area contributed by atoms with E-state index in [1.165, 1.54) is 11.8 Å². The van der Waals surface area contributed by atoms with Gasteiger partial charge in [-0.25, -0.2) is 0 Å². The number of aryl methyl sites for hydroxylation is 2. The predicted octanol–water partition coefficient (Wildman–Crippen LogP) is 2.95. The van der Waals surface area contributed by atoms with E-state index >= 15 is 0 Å². The van der Waals surface area contributed by atoms with E-state index in [2.05, 4.69) is 30.8 Å². The molecule has 2 aromatic carbocycles. The topological polar surface area (TPSA) is 98.5 Å². The fraction of sp³-hybridized carbons (Fsp3) is 0.158. The van der Waals surface area contributed by atoms with Crippen molar-refractivity contribution < 1.29 is 4.79 Å². The quantitative estimate of drug-likeness (QED) is 0.522. The molecule has 0 aliphatic carbocycles. The van der Waals surface area contributed by atoms with Gasteiger partial charge in [0.15, 0.2) is 0 Å². The van der Waals surface area contributed by atoms with Crippen LogP contribution in [-0.2, 0) is 4.79 Å².